The van der Waals surface area contributed by atoms with Crippen LogP contribution in [0.1, 0.15) is 23.4 Å². The third kappa shape index (κ3) is 2.01. The van der Waals surface area contributed by atoms with Crippen LogP contribution in [-0.2, 0) is 24.1 Å². The lowest BCUT2D eigenvalue weighted by atomic mass is 10.1. The van der Waals surface area contributed by atoms with Crippen molar-refractivity contribution >= 4 is 5.97 Å². The molecular weight excluding hydrogens is 228 g/mol. The molecule has 1 aromatic carbocycles. The number of aliphatic carboxylic acids is 1. The van der Waals surface area contributed by atoms with Gasteiger partial charge >= 0.3 is 5.97 Å². The van der Waals surface area contributed by atoms with Crippen molar-refractivity contribution < 1.29 is 9.90 Å². The highest BCUT2D eigenvalue weighted by atomic mass is 16.4. The minimum absolute atomic E-state index is 0.0645. The standard InChI is InChI=1S/C14H14N2O2/c17-14(18)7-13-15-8-12(16-13)11-5-4-9-2-1-3-10(9)6-11/h4-6,8H,1-3,7H2,(H,15,16)(H,17,18). The van der Waals surface area contributed by atoms with Gasteiger partial charge in [0.2, 0.25) is 0 Å². The van der Waals surface area contributed by atoms with Crippen molar-refractivity contribution in [2.45, 2.75) is 25.7 Å². The van der Waals surface area contributed by atoms with Crippen molar-refractivity contribution in [1.82, 2.24) is 9.97 Å². The summed E-state index contributed by atoms with van der Waals surface area (Å²) in [6.07, 6.45) is 5.17. The Morgan fingerprint density at radius 2 is 2.17 bits per heavy atom. The van der Waals surface area contributed by atoms with Crippen molar-refractivity contribution in [2.24, 2.45) is 0 Å². The number of hydrogen-bond donors (Lipinski definition) is 2. The number of carboxylic acids is 1. The first kappa shape index (κ1) is 11.0. The van der Waals surface area contributed by atoms with Crippen molar-refractivity contribution in [2.75, 3.05) is 0 Å². The summed E-state index contributed by atoms with van der Waals surface area (Å²) < 4.78 is 0. The molecule has 4 nitrogen and oxygen atoms in total. The number of nitrogens with zero attached hydrogens (tertiary/aromatic N) is 1. The summed E-state index contributed by atoms with van der Waals surface area (Å²) in [6, 6.07) is 6.41. The fourth-order valence-corrected chi connectivity index (χ4v) is 2.48. The first-order valence-corrected chi connectivity index (χ1v) is 6.10. The Kier molecular flexibility index (Phi) is 2.63. The molecule has 1 aromatic heterocycles. The Bertz CT molecular complexity index is 602. The molecule has 0 bridgehead atoms. The maximum Gasteiger partial charge on any atom is 0.311 e. The Morgan fingerprint density at radius 1 is 1.33 bits per heavy atom. The molecule has 0 amide bonds. The Labute approximate surface area is 105 Å². The predicted octanol–water partition coefficient (Wildman–Crippen LogP) is 2.19. The largest absolute Gasteiger partial charge is 0.481 e. The zero-order valence-electron chi connectivity index (χ0n) is 9.94. The number of fused-ring (bicyclic) bond motifs is 1. The molecule has 1 heterocycles. The fourth-order valence-electron chi connectivity index (χ4n) is 2.48. The van der Waals surface area contributed by atoms with E-state index in [0.717, 1.165) is 17.7 Å². The van der Waals surface area contributed by atoms with Crippen molar-refractivity contribution in [3.8, 4) is 11.3 Å². The molecule has 0 spiro atoms. The number of carbonyl (C=O) groups is 1. The molecule has 0 atom stereocenters. The average molecular weight is 242 g/mol. The third-order valence-electron chi connectivity index (χ3n) is 3.36. The van der Waals surface area contributed by atoms with Crippen LogP contribution < -0.4 is 0 Å². The van der Waals surface area contributed by atoms with E-state index in [1.54, 1.807) is 6.20 Å². The van der Waals surface area contributed by atoms with Crippen LogP contribution in [0.2, 0.25) is 0 Å². The second-order valence-corrected chi connectivity index (χ2v) is 4.65. The number of carboxylic acid groups (broad SMARTS) is 1. The van der Waals surface area contributed by atoms with Crippen molar-refractivity contribution in [3.63, 3.8) is 0 Å². The smallest absolute Gasteiger partial charge is 0.311 e. The highest BCUT2D eigenvalue weighted by Crippen LogP contribution is 2.27. The topological polar surface area (TPSA) is 66.0 Å². The van der Waals surface area contributed by atoms with E-state index in [9.17, 15) is 4.79 Å². The molecule has 0 unspecified atom stereocenters. The van der Waals surface area contributed by atoms with Gasteiger partial charge in [-0.3, -0.25) is 4.79 Å². The molecule has 1 aliphatic rings. The van der Waals surface area contributed by atoms with Gasteiger partial charge in [-0.1, -0.05) is 12.1 Å². The van der Waals surface area contributed by atoms with Gasteiger partial charge in [0, 0.05) is 0 Å². The zero-order chi connectivity index (χ0) is 12.5. The summed E-state index contributed by atoms with van der Waals surface area (Å²) in [7, 11) is 0. The van der Waals surface area contributed by atoms with Gasteiger partial charge in [-0.05, 0) is 42.0 Å². The summed E-state index contributed by atoms with van der Waals surface area (Å²) in [5, 5.41) is 8.71. The Balaban J connectivity index is 1.90. The summed E-state index contributed by atoms with van der Waals surface area (Å²) in [4.78, 5) is 17.8. The minimum Gasteiger partial charge on any atom is -0.481 e. The average Bonchev–Trinajstić information content (AvgIpc) is 2.95. The van der Waals surface area contributed by atoms with Gasteiger partial charge in [0.1, 0.15) is 12.2 Å². The second kappa shape index (κ2) is 4.29. The van der Waals surface area contributed by atoms with E-state index in [-0.39, 0.29) is 6.42 Å². The van der Waals surface area contributed by atoms with Crippen LogP contribution in [0.25, 0.3) is 11.3 Å². The van der Waals surface area contributed by atoms with Crippen molar-refractivity contribution in [3.05, 3.63) is 41.3 Å². The summed E-state index contributed by atoms with van der Waals surface area (Å²) >= 11 is 0. The molecule has 0 fully saturated rings. The van der Waals surface area contributed by atoms with Crippen LogP contribution in [0.5, 0.6) is 0 Å². The maximum atomic E-state index is 10.6. The molecule has 0 aliphatic heterocycles. The molecule has 18 heavy (non-hydrogen) atoms. The van der Waals surface area contributed by atoms with E-state index in [1.165, 1.54) is 24.0 Å². The van der Waals surface area contributed by atoms with Crippen molar-refractivity contribution in [1.29, 1.82) is 0 Å². The normalized spacial score (nSPS) is 13.6. The van der Waals surface area contributed by atoms with Crippen LogP contribution in [-0.4, -0.2) is 21.0 Å². The van der Waals surface area contributed by atoms with E-state index in [1.807, 2.05) is 0 Å². The molecule has 0 radical (unpaired) electrons. The molecule has 1 aliphatic carbocycles. The molecule has 3 rings (SSSR count). The zero-order valence-corrected chi connectivity index (χ0v) is 9.94. The van der Waals surface area contributed by atoms with Gasteiger partial charge in [0.15, 0.2) is 0 Å². The Hall–Kier alpha value is -2.10. The van der Waals surface area contributed by atoms with Gasteiger partial charge in [0.25, 0.3) is 0 Å². The highest BCUT2D eigenvalue weighted by molar-refractivity contribution is 5.69. The fraction of sp³-hybridized carbons (Fsp3) is 0.286. The van der Waals surface area contributed by atoms with Gasteiger partial charge in [0.05, 0.1) is 11.9 Å². The molecule has 0 saturated heterocycles. The number of imidazole rings is 1. The number of benzene rings is 1. The monoisotopic (exact) mass is 242 g/mol. The quantitative estimate of drug-likeness (QED) is 0.867. The second-order valence-electron chi connectivity index (χ2n) is 4.65. The lowest BCUT2D eigenvalue weighted by molar-refractivity contribution is -0.136. The number of rotatable bonds is 3. The molecule has 4 heteroatoms. The van der Waals surface area contributed by atoms with E-state index in [2.05, 4.69) is 28.2 Å². The van der Waals surface area contributed by atoms with Crippen LogP contribution >= 0.6 is 0 Å². The van der Waals surface area contributed by atoms with Gasteiger partial charge in [-0.15, -0.1) is 0 Å². The number of aromatic amines is 1. The number of H-pyrrole nitrogens is 1. The first-order valence-electron chi connectivity index (χ1n) is 6.10. The molecule has 2 aromatic rings. The van der Waals surface area contributed by atoms with E-state index in [4.69, 9.17) is 5.11 Å². The lowest BCUT2D eigenvalue weighted by Gasteiger charge is -2.02. The summed E-state index contributed by atoms with van der Waals surface area (Å²) in [5.74, 6) is -0.372. The number of aromatic nitrogens is 2. The van der Waals surface area contributed by atoms with E-state index < -0.39 is 5.97 Å². The van der Waals surface area contributed by atoms with Crippen LogP contribution in [0.3, 0.4) is 0 Å². The van der Waals surface area contributed by atoms with Crippen LogP contribution in [0.4, 0.5) is 0 Å². The Morgan fingerprint density at radius 3 is 3.00 bits per heavy atom. The number of nitrogens with one attached hydrogen (secondary N) is 1. The SMILES string of the molecule is O=C(O)Cc1ncc(-c2ccc3c(c2)CCC3)[nH]1. The molecule has 2 N–H and O–H groups in total. The lowest BCUT2D eigenvalue weighted by Crippen LogP contribution is -2.01. The van der Waals surface area contributed by atoms with E-state index in [0.29, 0.717) is 5.82 Å². The van der Waals surface area contributed by atoms with Crippen LogP contribution in [0.15, 0.2) is 24.4 Å². The summed E-state index contributed by atoms with van der Waals surface area (Å²) in [6.45, 7) is 0. The number of aryl methyl sites for hydroxylation is 2. The third-order valence-corrected chi connectivity index (χ3v) is 3.36. The molecule has 0 saturated carbocycles. The van der Waals surface area contributed by atoms with Gasteiger partial charge < -0.3 is 10.1 Å². The minimum atomic E-state index is -0.871. The highest BCUT2D eigenvalue weighted by Gasteiger charge is 2.12. The van der Waals surface area contributed by atoms with Gasteiger partial charge in [-0.2, -0.15) is 0 Å². The predicted molar refractivity (Wildman–Crippen MR) is 67.4 cm³/mol. The van der Waals surface area contributed by atoms with E-state index >= 15 is 0 Å². The molecule has 92 valence electrons. The van der Waals surface area contributed by atoms with Gasteiger partial charge in [-0.25, -0.2) is 4.98 Å². The first-order chi connectivity index (χ1) is 8.72. The number of hydrogen-bond acceptors (Lipinski definition) is 2. The molecular formula is C14H14N2O2. The maximum absolute atomic E-state index is 10.6. The summed E-state index contributed by atoms with van der Waals surface area (Å²) in [5.41, 5.74) is 4.81. The van der Waals surface area contributed by atoms with Crippen LogP contribution in [0, 0.1) is 0 Å².